The molecule has 2 nitrogen and oxygen atoms in total. The molecule has 2 aliphatic rings. The van der Waals surface area contributed by atoms with Gasteiger partial charge >= 0.3 is 0 Å². The van der Waals surface area contributed by atoms with Crippen molar-refractivity contribution in [2.75, 3.05) is 19.0 Å². The molecule has 6 rings (SSSR count). The number of hydrogen-bond donors (Lipinski definition) is 0. The van der Waals surface area contributed by atoms with Gasteiger partial charge in [0.2, 0.25) is 5.69 Å². The van der Waals surface area contributed by atoms with Crippen LogP contribution < -0.4 is 4.90 Å². The molecular formula is C31H33N2+. The zero-order chi connectivity index (χ0) is 23.1. The van der Waals surface area contributed by atoms with E-state index in [4.69, 9.17) is 0 Å². The minimum atomic E-state index is -0.0152. The van der Waals surface area contributed by atoms with Crippen molar-refractivity contribution in [3.05, 3.63) is 83.9 Å². The van der Waals surface area contributed by atoms with Crippen LogP contribution in [-0.4, -0.2) is 30.4 Å². The van der Waals surface area contributed by atoms with E-state index >= 15 is 0 Å². The van der Waals surface area contributed by atoms with Crippen molar-refractivity contribution in [2.24, 2.45) is 0 Å². The van der Waals surface area contributed by atoms with Gasteiger partial charge in [-0.2, -0.15) is 0 Å². The Balaban J connectivity index is 1.47. The summed E-state index contributed by atoms with van der Waals surface area (Å²) >= 11 is 0. The average molecular weight is 434 g/mol. The molecule has 1 atom stereocenters. The molecule has 4 aromatic rings. The summed E-state index contributed by atoms with van der Waals surface area (Å²) in [6, 6.07) is 27.3. The number of nitrogens with zero attached hydrogens (tertiary/aromatic N) is 2. The van der Waals surface area contributed by atoms with E-state index in [1.54, 1.807) is 0 Å². The van der Waals surface area contributed by atoms with Gasteiger partial charge < -0.3 is 4.90 Å². The maximum Gasteiger partial charge on any atom is 0.209 e. The van der Waals surface area contributed by atoms with Gasteiger partial charge in [0.1, 0.15) is 7.05 Å². The molecule has 4 aromatic carbocycles. The van der Waals surface area contributed by atoms with Crippen LogP contribution in [0.2, 0.25) is 0 Å². The number of anilines is 1. The van der Waals surface area contributed by atoms with Crippen molar-refractivity contribution >= 4 is 38.6 Å². The van der Waals surface area contributed by atoms with Crippen LogP contribution in [0.4, 0.5) is 11.4 Å². The first kappa shape index (κ1) is 20.5. The Morgan fingerprint density at radius 3 is 2.00 bits per heavy atom. The molecule has 0 fully saturated rings. The van der Waals surface area contributed by atoms with Gasteiger partial charge in [-0.1, -0.05) is 68.4 Å². The highest BCUT2D eigenvalue weighted by Gasteiger charge is 2.51. The fourth-order valence-electron chi connectivity index (χ4n) is 6.92. The number of fused-ring (bicyclic) bond motifs is 6. The molecule has 0 saturated carbocycles. The van der Waals surface area contributed by atoms with E-state index in [9.17, 15) is 0 Å². The minimum absolute atomic E-state index is 0.0152. The summed E-state index contributed by atoms with van der Waals surface area (Å²) in [4.78, 5) is 2.54. The molecule has 0 bridgehead atoms. The van der Waals surface area contributed by atoms with E-state index in [0.29, 0.717) is 6.04 Å². The fraction of sp³-hybridized carbons (Fsp3) is 0.323. The van der Waals surface area contributed by atoms with Crippen LogP contribution in [-0.2, 0) is 10.8 Å². The molecule has 2 aliphatic heterocycles. The van der Waals surface area contributed by atoms with E-state index in [0.717, 1.165) is 6.42 Å². The molecule has 0 saturated heterocycles. The monoisotopic (exact) mass is 433 g/mol. The number of rotatable bonds is 2. The first-order valence-electron chi connectivity index (χ1n) is 12.1. The molecule has 0 aliphatic carbocycles. The summed E-state index contributed by atoms with van der Waals surface area (Å²) in [5.74, 6) is 0. The summed E-state index contributed by atoms with van der Waals surface area (Å²) in [6.07, 6.45) is 1.04. The minimum Gasteiger partial charge on any atom is -0.370 e. The highest BCUT2D eigenvalue weighted by molar-refractivity contribution is 6.03. The van der Waals surface area contributed by atoms with Gasteiger partial charge in [0.05, 0.1) is 11.8 Å². The Morgan fingerprint density at radius 1 is 0.758 bits per heavy atom. The number of hydrogen-bond acceptors (Lipinski definition) is 1. The Labute approximate surface area is 197 Å². The van der Waals surface area contributed by atoms with Crippen molar-refractivity contribution in [3.63, 3.8) is 0 Å². The third-order valence-corrected chi connectivity index (χ3v) is 8.64. The third kappa shape index (κ3) is 2.64. The molecule has 2 heteroatoms. The van der Waals surface area contributed by atoms with Crippen LogP contribution >= 0.6 is 0 Å². The summed E-state index contributed by atoms with van der Waals surface area (Å²) in [5.41, 5.74) is 7.25. The van der Waals surface area contributed by atoms with E-state index < -0.39 is 0 Å². The lowest BCUT2D eigenvalue weighted by molar-refractivity contribution is -0.404. The van der Waals surface area contributed by atoms with Crippen molar-refractivity contribution < 1.29 is 4.58 Å². The number of likely N-dealkylation sites (N-methyl/N-ethyl adjacent to an activating group) is 1. The smallest absolute Gasteiger partial charge is 0.209 e. The molecule has 0 N–H and O–H groups in total. The van der Waals surface area contributed by atoms with E-state index in [1.165, 1.54) is 49.8 Å². The topological polar surface area (TPSA) is 6.25 Å². The summed E-state index contributed by atoms with van der Waals surface area (Å²) in [7, 11) is 4.56. The molecule has 0 amide bonds. The van der Waals surface area contributed by atoms with Gasteiger partial charge in [-0.15, -0.1) is 0 Å². The maximum atomic E-state index is 2.54. The number of benzene rings is 4. The second kappa shape index (κ2) is 6.70. The fourth-order valence-corrected chi connectivity index (χ4v) is 6.92. The molecule has 2 heterocycles. The van der Waals surface area contributed by atoms with E-state index in [1.807, 2.05) is 0 Å². The Kier molecular flexibility index (Phi) is 4.15. The van der Waals surface area contributed by atoms with Crippen LogP contribution in [0.15, 0.2) is 72.8 Å². The molecule has 0 spiro atoms. The zero-order valence-corrected chi connectivity index (χ0v) is 20.6. The molecule has 166 valence electrons. The normalized spacial score (nSPS) is 20.5. The second-order valence-corrected chi connectivity index (χ2v) is 11.0. The van der Waals surface area contributed by atoms with Crippen molar-refractivity contribution in [1.82, 2.24) is 0 Å². The van der Waals surface area contributed by atoms with Crippen LogP contribution in [0.25, 0.3) is 21.5 Å². The highest BCUT2D eigenvalue weighted by atomic mass is 15.2. The lowest BCUT2D eigenvalue weighted by atomic mass is 9.72. The van der Waals surface area contributed by atoms with Crippen molar-refractivity contribution in [2.45, 2.75) is 51.0 Å². The summed E-state index contributed by atoms with van der Waals surface area (Å²) < 4.78 is 2.48. The van der Waals surface area contributed by atoms with Crippen LogP contribution in [0.5, 0.6) is 0 Å². The highest BCUT2D eigenvalue weighted by Crippen LogP contribution is 2.51. The Morgan fingerprint density at radius 2 is 1.33 bits per heavy atom. The predicted molar refractivity (Wildman–Crippen MR) is 142 cm³/mol. The molecule has 1 unspecified atom stereocenters. The Bertz CT molecular complexity index is 1470. The van der Waals surface area contributed by atoms with Gasteiger partial charge in [0, 0.05) is 35.8 Å². The van der Waals surface area contributed by atoms with Gasteiger partial charge in [0.15, 0.2) is 5.71 Å². The van der Waals surface area contributed by atoms with Crippen LogP contribution in [0.1, 0.15) is 45.2 Å². The lowest BCUT2D eigenvalue weighted by Crippen LogP contribution is -2.44. The van der Waals surface area contributed by atoms with Crippen molar-refractivity contribution in [3.8, 4) is 0 Å². The SMILES string of the molecule is CN1c2ccc3ccccc3c2C(C)(C)C1CC1=[N+](C)c2ccc3ccccc3c2C1(C)C. The first-order valence-corrected chi connectivity index (χ1v) is 12.1. The summed E-state index contributed by atoms with van der Waals surface area (Å²) in [5, 5.41) is 5.45. The van der Waals surface area contributed by atoms with Crippen LogP contribution in [0.3, 0.4) is 0 Å². The largest absolute Gasteiger partial charge is 0.370 e. The molecular weight excluding hydrogens is 400 g/mol. The van der Waals surface area contributed by atoms with Gasteiger partial charge in [0.25, 0.3) is 0 Å². The Hall–Kier alpha value is -3.13. The van der Waals surface area contributed by atoms with Crippen LogP contribution in [0, 0.1) is 0 Å². The van der Waals surface area contributed by atoms with Crippen molar-refractivity contribution in [1.29, 1.82) is 0 Å². The molecule has 0 aromatic heterocycles. The third-order valence-electron chi connectivity index (χ3n) is 8.64. The van der Waals surface area contributed by atoms with Gasteiger partial charge in [-0.05, 0) is 53.1 Å². The maximum absolute atomic E-state index is 2.54. The predicted octanol–water partition coefficient (Wildman–Crippen LogP) is 7.19. The second-order valence-electron chi connectivity index (χ2n) is 11.0. The van der Waals surface area contributed by atoms with Gasteiger partial charge in [-0.3, -0.25) is 0 Å². The average Bonchev–Trinajstić information content (AvgIpc) is 3.13. The lowest BCUT2D eigenvalue weighted by Gasteiger charge is -2.33. The molecule has 33 heavy (non-hydrogen) atoms. The zero-order valence-electron chi connectivity index (χ0n) is 20.6. The van der Waals surface area contributed by atoms with E-state index in [-0.39, 0.29) is 10.8 Å². The van der Waals surface area contributed by atoms with E-state index in [2.05, 4.69) is 124 Å². The van der Waals surface area contributed by atoms with Gasteiger partial charge in [-0.25, -0.2) is 4.58 Å². The quantitative estimate of drug-likeness (QED) is 0.303. The molecule has 0 radical (unpaired) electrons. The standard InChI is InChI=1S/C31H33N2/c1-30(2)26(32(5)24-17-15-20-11-7-9-13-22(20)28(24)30)19-27-31(3,4)29-23-14-10-8-12-21(23)16-18-25(29)33(27)6/h7-18,26H,19H2,1-6H3/q+1. The first-order chi connectivity index (χ1) is 15.7. The summed E-state index contributed by atoms with van der Waals surface area (Å²) in [6.45, 7) is 9.72.